The van der Waals surface area contributed by atoms with Crippen LogP contribution in [0.1, 0.15) is 63.6 Å². The van der Waals surface area contributed by atoms with Crippen LogP contribution < -0.4 is 4.90 Å². The van der Waals surface area contributed by atoms with Crippen molar-refractivity contribution < 1.29 is 4.79 Å². The minimum absolute atomic E-state index is 0.0238. The Kier molecular flexibility index (Phi) is 5.19. The molecule has 2 heterocycles. The fourth-order valence-corrected chi connectivity index (χ4v) is 5.56. The highest BCUT2D eigenvalue weighted by atomic mass is 32.2. The molecule has 146 valence electrons. The minimum Gasteiger partial charge on any atom is -0.364 e. The van der Waals surface area contributed by atoms with Crippen molar-refractivity contribution in [3.63, 3.8) is 0 Å². The first-order valence-electron chi connectivity index (χ1n) is 9.65. The van der Waals surface area contributed by atoms with E-state index in [0.717, 1.165) is 22.1 Å². The number of amides is 1. The number of aryl methyl sites for hydroxylation is 1. The van der Waals surface area contributed by atoms with Gasteiger partial charge in [-0.3, -0.25) is 14.7 Å². The molecule has 5 heteroatoms. The number of aliphatic imine (C=N–C) groups is 1. The molecule has 1 amide bonds. The van der Waals surface area contributed by atoms with E-state index in [1.54, 1.807) is 19.0 Å². The van der Waals surface area contributed by atoms with E-state index in [1.807, 2.05) is 6.08 Å². The smallest absolute Gasteiger partial charge is 0.266 e. The van der Waals surface area contributed by atoms with Crippen LogP contribution in [-0.4, -0.2) is 41.7 Å². The second-order valence-corrected chi connectivity index (χ2v) is 9.64. The third-order valence-electron chi connectivity index (χ3n) is 5.66. The Balaban J connectivity index is 2.09. The van der Waals surface area contributed by atoms with E-state index >= 15 is 0 Å². The molecule has 27 heavy (non-hydrogen) atoms. The summed E-state index contributed by atoms with van der Waals surface area (Å²) in [5.74, 6) is 0.515. The second kappa shape index (κ2) is 7.01. The van der Waals surface area contributed by atoms with Crippen LogP contribution in [0.2, 0.25) is 0 Å². The van der Waals surface area contributed by atoms with Gasteiger partial charge in [-0.2, -0.15) is 0 Å². The van der Waals surface area contributed by atoms with E-state index in [2.05, 4.69) is 63.6 Å². The lowest BCUT2D eigenvalue weighted by atomic mass is 9.78. The van der Waals surface area contributed by atoms with E-state index in [1.165, 1.54) is 28.6 Å². The molecule has 1 fully saturated rings. The number of likely N-dealkylation sites (N-methyl/N-ethyl adjacent to an activating group) is 1. The summed E-state index contributed by atoms with van der Waals surface area (Å²) in [5, 5.41) is 0.753. The van der Waals surface area contributed by atoms with Gasteiger partial charge in [0.1, 0.15) is 0 Å². The van der Waals surface area contributed by atoms with Gasteiger partial charge in [-0.1, -0.05) is 6.92 Å². The Morgan fingerprint density at radius 1 is 1.33 bits per heavy atom. The normalized spacial score (nSPS) is 25.1. The van der Waals surface area contributed by atoms with Crippen molar-refractivity contribution in [2.24, 2.45) is 4.99 Å². The number of fused-ring (bicyclic) bond motifs is 1. The Labute approximate surface area is 167 Å². The highest BCUT2D eigenvalue weighted by Crippen LogP contribution is 2.46. The predicted molar refractivity (Wildman–Crippen MR) is 118 cm³/mol. The summed E-state index contributed by atoms with van der Waals surface area (Å²) in [5.41, 5.74) is 5.19. The van der Waals surface area contributed by atoms with Crippen LogP contribution in [0.25, 0.3) is 6.08 Å². The first-order chi connectivity index (χ1) is 12.6. The van der Waals surface area contributed by atoms with Gasteiger partial charge in [-0.15, -0.1) is 0 Å². The molecule has 0 N–H and O–H groups in total. The number of rotatable bonds is 2. The van der Waals surface area contributed by atoms with E-state index in [9.17, 15) is 4.79 Å². The lowest BCUT2D eigenvalue weighted by Gasteiger charge is -2.50. The standard InChI is InChI=1S/C22H31N3OS/c1-13(2)25-18-9-14(3)16(10-17(18)15(4)12-22(25,5)6)11-19-20(26)24(8)21(23-7)27-19/h9-11,13,15H,12H2,1-8H3/b19-11-,23-21?/t15-/m0/s1. The molecule has 0 unspecified atom stereocenters. The number of anilines is 1. The van der Waals surface area contributed by atoms with Crippen molar-refractivity contribution >= 4 is 34.6 Å². The number of amidine groups is 1. The molecule has 0 bridgehead atoms. The van der Waals surface area contributed by atoms with Gasteiger partial charge < -0.3 is 4.90 Å². The average molecular weight is 386 g/mol. The van der Waals surface area contributed by atoms with Gasteiger partial charge in [0.05, 0.1) is 4.91 Å². The fourth-order valence-electron chi connectivity index (χ4n) is 4.64. The molecule has 4 nitrogen and oxygen atoms in total. The van der Waals surface area contributed by atoms with E-state index in [-0.39, 0.29) is 11.4 Å². The fraction of sp³-hybridized carbons (Fsp3) is 0.545. The molecule has 1 saturated heterocycles. The molecule has 0 spiro atoms. The van der Waals surface area contributed by atoms with Crippen LogP contribution in [0.5, 0.6) is 0 Å². The SMILES string of the molecule is CN=C1S/C(=C\c2cc3c(cc2C)N(C(C)C)C(C)(C)C[C@@H]3C)C(=O)N1C. The molecule has 0 aromatic heterocycles. The van der Waals surface area contributed by atoms with Gasteiger partial charge in [0.15, 0.2) is 5.17 Å². The number of carbonyl (C=O) groups is 1. The van der Waals surface area contributed by atoms with Crippen molar-refractivity contribution in [1.29, 1.82) is 0 Å². The Morgan fingerprint density at radius 2 is 2.00 bits per heavy atom. The summed E-state index contributed by atoms with van der Waals surface area (Å²) in [6.07, 6.45) is 3.16. The number of hydrogen-bond acceptors (Lipinski definition) is 4. The van der Waals surface area contributed by atoms with Gasteiger partial charge >= 0.3 is 0 Å². The van der Waals surface area contributed by atoms with E-state index in [0.29, 0.717) is 12.0 Å². The predicted octanol–water partition coefficient (Wildman–Crippen LogP) is 5.03. The van der Waals surface area contributed by atoms with Gasteiger partial charge in [-0.05, 0) is 93.6 Å². The number of thioether (sulfide) groups is 1. The number of carbonyl (C=O) groups excluding carboxylic acids is 1. The van der Waals surface area contributed by atoms with E-state index < -0.39 is 0 Å². The summed E-state index contributed by atoms with van der Waals surface area (Å²) in [7, 11) is 3.51. The minimum atomic E-state index is 0.0238. The topological polar surface area (TPSA) is 35.9 Å². The Bertz CT molecular complexity index is 838. The van der Waals surface area contributed by atoms with Crippen LogP contribution in [-0.2, 0) is 4.79 Å². The largest absolute Gasteiger partial charge is 0.364 e. The molecule has 1 aromatic rings. The quantitative estimate of drug-likeness (QED) is 0.670. The zero-order valence-electron chi connectivity index (χ0n) is 17.8. The van der Waals surface area contributed by atoms with Gasteiger partial charge in [0.25, 0.3) is 5.91 Å². The molecule has 3 rings (SSSR count). The highest BCUT2D eigenvalue weighted by molar-refractivity contribution is 8.18. The summed E-state index contributed by atoms with van der Waals surface area (Å²) >= 11 is 1.45. The van der Waals surface area contributed by atoms with Crippen LogP contribution in [0.3, 0.4) is 0 Å². The molecule has 1 atom stereocenters. The molecule has 0 aliphatic carbocycles. The van der Waals surface area contributed by atoms with Crippen LogP contribution >= 0.6 is 11.8 Å². The molecule has 0 radical (unpaired) electrons. The molecule has 0 saturated carbocycles. The van der Waals surface area contributed by atoms with Crippen molar-refractivity contribution in [3.8, 4) is 0 Å². The zero-order chi connectivity index (χ0) is 20.1. The van der Waals surface area contributed by atoms with Gasteiger partial charge in [-0.25, -0.2) is 0 Å². The molecular weight excluding hydrogens is 354 g/mol. The van der Waals surface area contributed by atoms with E-state index in [4.69, 9.17) is 0 Å². The van der Waals surface area contributed by atoms with Crippen molar-refractivity contribution in [2.45, 2.75) is 65.5 Å². The van der Waals surface area contributed by atoms with Crippen molar-refractivity contribution in [2.75, 3.05) is 19.0 Å². The first kappa shape index (κ1) is 20.0. The third-order valence-corrected chi connectivity index (χ3v) is 6.81. The third kappa shape index (κ3) is 3.42. The molecule has 2 aliphatic rings. The molecule has 1 aromatic carbocycles. The first-order valence-corrected chi connectivity index (χ1v) is 10.5. The second-order valence-electron chi connectivity index (χ2n) is 8.63. The maximum Gasteiger partial charge on any atom is 0.266 e. The summed E-state index contributed by atoms with van der Waals surface area (Å²) in [6, 6.07) is 5.04. The number of benzene rings is 1. The summed E-state index contributed by atoms with van der Waals surface area (Å²) in [6.45, 7) is 13.7. The number of hydrogen-bond donors (Lipinski definition) is 0. The number of nitrogens with zero attached hydrogens (tertiary/aromatic N) is 3. The summed E-state index contributed by atoms with van der Waals surface area (Å²) in [4.78, 5) is 21.6. The van der Waals surface area contributed by atoms with Crippen LogP contribution in [0.4, 0.5) is 5.69 Å². The Hall–Kier alpha value is -1.75. The highest BCUT2D eigenvalue weighted by Gasteiger charge is 2.38. The lowest BCUT2D eigenvalue weighted by molar-refractivity contribution is -0.121. The lowest BCUT2D eigenvalue weighted by Crippen LogP contribution is -2.51. The van der Waals surface area contributed by atoms with Crippen molar-refractivity contribution in [1.82, 2.24) is 4.90 Å². The molecular formula is C22H31N3OS. The van der Waals surface area contributed by atoms with Crippen LogP contribution in [0.15, 0.2) is 22.0 Å². The Morgan fingerprint density at radius 3 is 2.56 bits per heavy atom. The van der Waals surface area contributed by atoms with Crippen molar-refractivity contribution in [3.05, 3.63) is 33.7 Å². The van der Waals surface area contributed by atoms with Crippen LogP contribution in [0, 0.1) is 6.92 Å². The monoisotopic (exact) mass is 385 g/mol. The van der Waals surface area contributed by atoms with Gasteiger partial charge in [0.2, 0.25) is 0 Å². The van der Waals surface area contributed by atoms with Gasteiger partial charge in [0, 0.05) is 31.4 Å². The summed E-state index contributed by atoms with van der Waals surface area (Å²) < 4.78 is 0. The zero-order valence-corrected chi connectivity index (χ0v) is 18.6. The molecule has 2 aliphatic heterocycles. The maximum absolute atomic E-state index is 12.5. The average Bonchev–Trinajstić information content (AvgIpc) is 2.82. The maximum atomic E-state index is 12.5.